The monoisotopic (exact) mass is 495 g/mol. The lowest BCUT2D eigenvalue weighted by Gasteiger charge is -2.28. The summed E-state index contributed by atoms with van der Waals surface area (Å²) >= 11 is 2.67. The highest BCUT2D eigenvalue weighted by Gasteiger charge is 2.30. The van der Waals surface area contributed by atoms with Gasteiger partial charge in [-0.2, -0.15) is 5.10 Å². The molecule has 2 aromatic carbocycles. The molecule has 1 aromatic heterocycles. The molecular weight excluding hydrogens is 470 g/mol. The largest absolute Gasteiger partial charge is 0.493 e. The Hall–Kier alpha value is -3.30. The molecule has 2 amide bonds. The molecule has 0 saturated carbocycles. The highest BCUT2D eigenvalue weighted by atomic mass is 32.2. The smallest absolute Gasteiger partial charge is 0.302 e. The van der Waals surface area contributed by atoms with Gasteiger partial charge in [-0.25, -0.2) is 5.01 Å². The van der Waals surface area contributed by atoms with E-state index >= 15 is 0 Å². The molecular formula is C25H25N3O4S2. The van der Waals surface area contributed by atoms with E-state index in [0.717, 1.165) is 23.3 Å². The molecule has 0 fully saturated rings. The van der Waals surface area contributed by atoms with E-state index in [1.807, 2.05) is 60.8 Å². The third-order valence-corrected chi connectivity index (χ3v) is 7.45. The van der Waals surface area contributed by atoms with E-state index in [1.165, 1.54) is 28.1 Å². The van der Waals surface area contributed by atoms with Crippen molar-refractivity contribution >= 4 is 45.6 Å². The van der Waals surface area contributed by atoms with Gasteiger partial charge in [0.15, 0.2) is 11.5 Å². The van der Waals surface area contributed by atoms with Crippen molar-refractivity contribution in [2.45, 2.75) is 25.1 Å². The van der Waals surface area contributed by atoms with Crippen LogP contribution in [0.1, 0.15) is 34.1 Å². The molecule has 34 heavy (non-hydrogen) atoms. The predicted molar refractivity (Wildman–Crippen MR) is 137 cm³/mol. The number of hydrogen-bond acceptors (Lipinski definition) is 7. The highest BCUT2D eigenvalue weighted by Crippen LogP contribution is 2.33. The number of carbonyl (C=O) groups is 2. The van der Waals surface area contributed by atoms with Crippen LogP contribution in [0.5, 0.6) is 11.5 Å². The molecule has 0 saturated heterocycles. The fourth-order valence-electron chi connectivity index (χ4n) is 3.56. The van der Waals surface area contributed by atoms with Crippen LogP contribution in [-0.2, 0) is 6.54 Å². The lowest BCUT2D eigenvalue weighted by molar-refractivity contribution is 0.103. The molecule has 1 atom stereocenters. The van der Waals surface area contributed by atoms with Crippen LogP contribution in [0.4, 0.5) is 10.5 Å². The average Bonchev–Trinajstić information content (AvgIpc) is 3.41. The van der Waals surface area contributed by atoms with Crippen molar-refractivity contribution in [2.24, 2.45) is 5.10 Å². The van der Waals surface area contributed by atoms with Crippen LogP contribution in [0, 0.1) is 0 Å². The zero-order chi connectivity index (χ0) is 24.1. The minimum atomic E-state index is -0.139. The quantitative estimate of drug-likeness (QED) is 0.423. The molecule has 3 aromatic rings. The van der Waals surface area contributed by atoms with Crippen LogP contribution in [0.25, 0.3) is 0 Å². The maximum Gasteiger partial charge on any atom is 0.302 e. The van der Waals surface area contributed by atoms with Crippen LogP contribution < -0.4 is 14.8 Å². The first kappa shape index (κ1) is 23.8. The Morgan fingerprint density at radius 2 is 1.85 bits per heavy atom. The van der Waals surface area contributed by atoms with Crippen LogP contribution in [0.3, 0.4) is 0 Å². The van der Waals surface area contributed by atoms with Crippen molar-refractivity contribution in [1.82, 2.24) is 5.01 Å². The summed E-state index contributed by atoms with van der Waals surface area (Å²) in [6, 6.07) is 16.7. The fraction of sp³-hybridized carbons (Fsp3) is 0.240. The van der Waals surface area contributed by atoms with Crippen LogP contribution in [-0.4, -0.2) is 41.3 Å². The van der Waals surface area contributed by atoms with Crippen LogP contribution in [0.15, 0.2) is 65.1 Å². The lowest BCUT2D eigenvalue weighted by Crippen LogP contribution is -2.34. The molecule has 9 heteroatoms. The summed E-state index contributed by atoms with van der Waals surface area (Å²) in [5.74, 6) is 1.12. The Kier molecular flexibility index (Phi) is 7.54. The summed E-state index contributed by atoms with van der Waals surface area (Å²) < 4.78 is 10.8. The fourth-order valence-corrected chi connectivity index (χ4v) is 5.11. The van der Waals surface area contributed by atoms with E-state index < -0.39 is 0 Å². The SMILES string of the molecule is CCC1SC(=O)N(Cc2ccc(NC(=O)c3cccs3)cc2)N=C1c1ccc(OC)c(OC)c1. The Morgan fingerprint density at radius 1 is 1.09 bits per heavy atom. The summed E-state index contributed by atoms with van der Waals surface area (Å²) in [5.41, 5.74) is 3.32. The number of benzene rings is 2. The minimum Gasteiger partial charge on any atom is -0.493 e. The minimum absolute atomic E-state index is 0.0447. The standard InChI is InChI=1S/C25H25N3O4S2/c1-4-21-23(17-9-12-19(31-2)20(14-17)32-3)27-28(25(30)34-21)15-16-7-10-18(11-8-16)26-24(29)22-6-5-13-33-22/h5-14,21H,4,15H2,1-3H3,(H,26,29). The van der Waals surface area contributed by atoms with Gasteiger partial charge in [-0.3, -0.25) is 9.59 Å². The van der Waals surface area contributed by atoms with Gasteiger partial charge in [0.25, 0.3) is 5.91 Å². The number of hydrazone groups is 1. The van der Waals surface area contributed by atoms with Gasteiger partial charge >= 0.3 is 5.24 Å². The number of thiophene rings is 1. The van der Waals surface area contributed by atoms with Crippen LogP contribution in [0.2, 0.25) is 0 Å². The number of methoxy groups -OCH3 is 2. The maximum absolute atomic E-state index is 12.8. The normalized spacial score (nSPS) is 15.6. The number of thioether (sulfide) groups is 1. The first-order chi connectivity index (χ1) is 16.5. The van der Waals surface area contributed by atoms with Gasteiger partial charge in [0.05, 0.1) is 36.6 Å². The molecule has 4 rings (SSSR count). The van der Waals surface area contributed by atoms with Crippen molar-refractivity contribution in [2.75, 3.05) is 19.5 Å². The molecule has 1 unspecified atom stereocenters. The predicted octanol–water partition coefficient (Wildman–Crippen LogP) is 5.87. The maximum atomic E-state index is 12.8. The van der Waals surface area contributed by atoms with Gasteiger partial charge in [0.2, 0.25) is 0 Å². The molecule has 2 heterocycles. The summed E-state index contributed by atoms with van der Waals surface area (Å²) in [4.78, 5) is 25.7. The molecule has 0 bridgehead atoms. The van der Waals surface area contributed by atoms with Crippen molar-refractivity contribution in [1.29, 1.82) is 0 Å². The number of ether oxygens (including phenoxy) is 2. The van der Waals surface area contributed by atoms with Gasteiger partial charge in [-0.15, -0.1) is 11.3 Å². The van der Waals surface area contributed by atoms with E-state index in [-0.39, 0.29) is 16.4 Å². The van der Waals surface area contributed by atoms with E-state index in [0.29, 0.717) is 28.6 Å². The second-order valence-electron chi connectivity index (χ2n) is 7.52. The van der Waals surface area contributed by atoms with E-state index in [2.05, 4.69) is 5.32 Å². The van der Waals surface area contributed by atoms with Crippen LogP contribution >= 0.6 is 23.1 Å². The number of carbonyl (C=O) groups excluding carboxylic acids is 2. The third-order valence-electron chi connectivity index (χ3n) is 5.33. The topological polar surface area (TPSA) is 80.2 Å². The van der Waals surface area contributed by atoms with Gasteiger partial charge < -0.3 is 14.8 Å². The summed E-state index contributed by atoms with van der Waals surface area (Å²) in [7, 11) is 3.19. The molecule has 1 aliphatic rings. The van der Waals surface area contributed by atoms with Gasteiger partial charge in [-0.1, -0.05) is 36.9 Å². The lowest BCUT2D eigenvalue weighted by atomic mass is 10.0. The molecule has 0 radical (unpaired) electrons. The number of amides is 2. The van der Waals surface area contributed by atoms with Gasteiger partial charge in [0.1, 0.15) is 0 Å². The van der Waals surface area contributed by atoms with E-state index in [1.54, 1.807) is 20.3 Å². The number of nitrogens with one attached hydrogen (secondary N) is 1. The Morgan fingerprint density at radius 3 is 2.50 bits per heavy atom. The first-order valence-corrected chi connectivity index (χ1v) is 12.5. The highest BCUT2D eigenvalue weighted by molar-refractivity contribution is 8.14. The van der Waals surface area contributed by atoms with Crippen molar-refractivity contribution in [3.63, 3.8) is 0 Å². The second kappa shape index (κ2) is 10.8. The summed E-state index contributed by atoms with van der Waals surface area (Å²) in [6.45, 7) is 2.37. The Bertz CT molecular complexity index is 1190. The molecule has 1 N–H and O–H groups in total. The number of nitrogens with zero attached hydrogens (tertiary/aromatic N) is 2. The van der Waals surface area contributed by atoms with E-state index in [4.69, 9.17) is 14.6 Å². The first-order valence-electron chi connectivity index (χ1n) is 10.7. The number of anilines is 1. The van der Waals surface area contributed by atoms with Gasteiger partial charge in [0, 0.05) is 11.3 Å². The summed E-state index contributed by atoms with van der Waals surface area (Å²) in [6.07, 6.45) is 0.774. The van der Waals surface area contributed by atoms with Crippen molar-refractivity contribution in [3.05, 3.63) is 76.0 Å². The number of hydrogen-bond donors (Lipinski definition) is 1. The molecule has 0 spiro atoms. The van der Waals surface area contributed by atoms with Crippen molar-refractivity contribution < 1.29 is 19.1 Å². The molecule has 7 nitrogen and oxygen atoms in total. The second-order valence-corrected chi connectivity index (χ2v) is 9.62. The average molecular weight is 496 g/mol. The Balaban J connectivity index is 1.53. The number of rotatable bonds is 8. The Labute approximate surface area is 206 Å². The molecule has 0 aliphatic carbocycles. The zero-order valence-corrected chi connectivity index (χ0v) is 20.7. The summed E-state index contributed by atoms with van der Waals surface area (Å²) in [5, 5.41) is 10.8. The molecule has 176 valence electrons. The zero-order valence-electron chi connectivity index (χ0n) is 19.1. The molecule has 1 aliphatic heterocycles. The van der Waals surface area contributed by atoms with Crippen molar-refractivity contribution in [3.8, 4) is 11.5 Å². The van der Waals surface area contributed by atoms with Gasteiger partial charge in [-0.05, 0) is 53.8 Å². The van der Waals surface area contributed by atoms with E-state index in [9.17, 15) is 9.59 Å². The third kappa shape index (κ3) is 5.26.